The molecule has 28 heavy (non-hydrogen) atoms. The van der Waals surface area contributed by atoms with Gasteiger partial charge in [0.2, 0.25) is 15.9 Å². The molecule has 2 rings (SSSR count). The molecule has 0 saturated heterocycles. The molecule has 1 amide bonds. The van der Waals surface area contributed by atoms with Gasteiger partial charge in [0, 0.05) is 18.8 Å². The molecule has 1 N–H and O–H groups in total. The summed E-state index contributed by atoms with van der Waals surface area (Å²) in [6.45, 7) is 6.03. The summed E-state index contributed by atoms with van der Waals surface area (Å²) in [5, 5.41) is 15.2. The lowest BCUT2D eigenvalue weighted by Crippen LogP contribution is -2.31. The Balaban J connectivity index is 2.28. The number of benzene rings is 1. The van der Waals surface area contributed by atoms with Crippen LogP contribution in [0.4, 0.5) is 5.69 Å². The van der Waals surface area contributed by atoms with E-state index in [9.17, 15) is 13.2 Å². The van der Waals surface area contributed by atoms with E-state index in [0.29, 0.717) is 25.4 Å². The van der Waals surface area contributed by atoms with Crippen molar-refractivity contribution in [1.29, 1.82) is 5.26 Å². The minimum atomic E-state index is -3.78. The Morgan fingerprint density at radius 1 is 1.32 bits per heavy atom. The molecule has 10 nitrogen and oxygen atoms in total. The molecular formula is C17H22N6O4S. The van der Waals surface area contributed by atoms with E-state index >= 15 is 0 Å². The number of ether oxygens (including phenoxy) is 1. The molecule has 0 bridgehead atoms. The van der Waals surface area contributed by atoms with Crippen LogP contribution in [0.2, 0.25) is 0 Å². The first-order chi connectivity index (χ1) is 13.3. The number of anilines is 1. The summed E-state index contributed by atoms with van der Waals surface area (Å²) in [4.78, 5) is 15.9. The summed E-state index contributed by atoms with van der Waals surface area (Å²) >= 11 is 0. The molecule has 1 heterocycles. The second-order valence-electron chi connectivity index (χ2n) is 5.61. The van der Waals surface area contributed by atoms with E-state index in [-0.39, 0.29) is 23.0 Å². The number of nitrogens with zero attached hydrogens (tertiary/aromatic N) is 5. The molecular weight excluding hydrogens is 384 g/mol. The zero-order chi connectivity index (χ0) is 20.7. The Kier molecular flexibility index (Phi) is 7.08. The average Bonchev–Trinajstić information content (AvgIpc) is 3.11. The van der Waals surface area contributed by atoms with Gasteiger partial charge in [0.1, 0.15) is 29.6 Å². The highest BCUT2D eigenvalue weighted by molar-refractivity contribution is 7.89. The smallest absolute Gasteiger partial charge is 0.252 e. The van der Waals surface area contributed by atoms with Crippen molar-refractivity contribution in [2.45, 2.75) is 32.2 Å². The monoisotopic (exact) mass is 406 g/mol. The molecule has 1 aromatic carbocycles. The standard InChI is InChI=1S/C17H22N6O4S/c1-4-23(5-2)28(25,26)15-9-13(7-8-14(15)27-6-3)20-17(24)11-22-12-19-16(10-18)21-22/h7-9,12H,4-6,11H2,1-3H3,(H,20,24). The Morgan fingerprint density at radius 2 is 2.04 bits per heavy atom. The number of nitrogens with one attached hydrogen (secondary N) is 1. The van der Waals surface area contributed by atoms with Gasteiger partial charge in [0.05, 0.1) is 6.61 Å². The summed E-state index contributed by atoms with van der Waals surface area (Å²) in [6.07, 6.45) is 1.27. The fraction of sp³-hybridized carbons (Fsp3) is 0.412. The van der Waals surface area contributed by atoms with Crippen LogP contribution in [-0.4, -0.2) is 53.1 Å². The zero-order valence-electron chi connectivity index (χ0n) is 15.9. The number of carbonyl (C=O) groups is 1. The molecule has 0 aliphatic rings. The lowest BCUT2D eigenvalue weighted by molar-refractivity contribution is -0.116. The number of hydrogen-bond acceptors (Lipinski definition) is 7. The summed E-state index contributed by atoms with van der Waals surface area (Å²) < 4.78 is 33.9. The highest BCUT2D eigenvalue weighted by Gasteiger charge is 2.26. The Bertz CT molecular complexity index is 976. The number of aromatic nitrogens is 3. The van der Waals surface area contributed by atoms with Crippen molar-refractivity contribution in [3.63, 3.8) is 0 Å². The van der Waals surface area contributed by atoms with Gasteiger partial charge in [0.25, 0.3) is 5.82 Å². The highest BCUT2D eigenvalue weighted by atomic mass is 32.2. The van der Waals surface area contributed by atoms with E-state index in [1.807, 2.05) is 0 Å². The largest absolute Gasteiger partial charge is 0.492 e. The van der Waals surface area contributed by atoms with Crippen LogP contribution in [0.3, 0.4) is 0 Å². The fourth-order valence-corrected chi connectivity index (χ4v) is 4.15. The lowest BCUT2D eigenvalue weighted by atomic mass is 10.3. The van der Waals surface area contributed by atoms with Crippen LogP contribution in [0, 0.1) is 11.3 Å². The second kappa shape index (κ2) is 9.29. The molecule has 0 fully saturated rings. The Labute approximate surface area is 163 Å². The molecule has 150 valence electrons. The lowest BCUT2D eigenvalue weighted by Gasteiger charge is -2.21. The zero-order valence-corrected chi connectivity index (χ0v) is 16.7. The third-order valence-electron chi connectivity index (χ3n) is 3.79. The first-order valence-corrected chi connectivity index (χ1v) is 10.2. The summed E-state index contributed by atoms with van der Waals surface area (Å²) in [6, 6.07) is 6.22. The third kappa shape index (κ3) is 4.85. The Morgan fingerprint density at radius 3 is 2.61 bits per heavy atom. The van der Waals surface area contributed by atoms with Gasteiger partial charge in [-0.1, -0.05) is 13.8 Å². The normalized spacial score (nSPS) is 11.2. The molecule has 0 aliphatic carbocycles. The van der Waals surface area contributed by atoms with Crippen LogP contribution < -0.4 is 10.1 Å². The second-order valence-corrected chi connectivity index (χ2v) is 7.52. The number of nitriles is 1. The molecule has 0 radical (unpaired) electrons. The van der Waals surface area contributed by atoms with Gasteiger partial charge in [-0.25, -0.2) is 18.1 Å². The van der Waals surface area contributed by atoms with Crippen molar-refractivity contribution in [3.8, 4) is 11.8 Å². The van der Waals surface area contributed by atoms with Crippen LogP contribution >= 0.6 is 0 Å². The minimum absolute atomic E-state index is 0.0108. The maximum atomic E-state index is 12.9. The molecule has 11 heteroatoms. The molecule has 0 saturated carbocycles. The van der Waals surface area contributed by atoms with Gasteiger partial charge in [-0.15, -0.1) is 5.10 Å². The van der Waals surface area contributed by atoms with Gasteiger partial charge < -0.3 is 10.1 Å². The number of amides is 1. The fourth-order valence-electron chi connectivity index (χ4n) is 2.53. The molecule has 0 atom stereocenters. The minimum Gasteiger partial charge on any atom is -0.492 e. The molecule has 1 aromatic heterocycles. The van der Waals surface area contributed by atoms with Crippen molar-refractivity contribution in [3.05, 3.63) is 30.4 Å². The number of hydrogen-bond donors (Lipinski definition) is 1. The predicted molar refractivity (Wildman–Crippen MR) is 101 cm³/mol. The maximum Gasteiger partial charge on any atom is 0.252 e. The SMILES string of the molecule is CCOc1ccc(NC(=O)Cn2cnc(C#N)n2)cc1S(=O)(=O)N(CC)CC. The van der Waals surface area contributed by atoms with Gasteiger partial charge in [-0.05, 0) is 25.1 Å². The van der Waals surface area contributed by atoms with E-state index in [0.717, 1.165) is 0 Å². The van der Waals surface area contributed by atoms with Crippen LogP contribution in [0.15, 0.2) is 29.4 Å². The van der Waals surface area contributed by atoms with E-state index in [1.54, 1.807) is 32.9 Å². The van der Waals surface area contributed by atoms with Crippen molar-refractivity contribution in [2.24, 2.45) is 0 Å². The van der Waals surface area contributed by atoms with Gasteiger partial charge in [0.15, 0.2) is 0 Å². The maximum absolute atomic E-state index is 12.9. The van der Waals surface area contributed by atoms with Gasteiger partial charge >= 0.3 is 0 Å². The quantitative estimate of drug-likeness (QED) is 0.662. The molecule has 0 spiro atoms. The van der Waals surface area contributed by atoms with Crippen LogP contribution in [-0.2, 0) is 21.4 Å². The van der Waals surface area contributed by atoms with E-state index < -0.39 is 15.9 Å². The number of carbonyl (C=O) groups excluding carboxylic acids is 1. The van der Waals surface area contributed by atoms with Crippen molar-refractivity contribution >= 4 is 21.6 Å². The summed E-state index contributed by atoms with van der Waals surface area (Å²) in [7, 11) is -3.78. The first kappa shape index (κ1) is 21.3. The van der Waals surface area contributed by atoms with Crippen LogP contribution in [0.1, 0.15) is 26.6 Å². The van der Waals surface area contributed by atoms with Crippen molar-refractivity contribution < 1.29 is 17.9 Å². The van der Waals surface area contributed by atoms with E-state index in [1.165, 1.54) is 27.4 Å². The predicted octanol–water partition coefficient (Wildman–Crippen LogP) is 1.22. The third-order valence-corrected chi connectivity index (χ3v) is 5.86. The van der Waals surface area contributed by atoms with Gasteiger partial charge in [-0.3, -0.25) is 4.79 Å². The van der Waals surface area contributed by atoms with E-state index in [4.69, 9.17) is 10.00 Å². The van der Waals surface area contributed by atoms with Gasteiger partial charge in [-0.2, -0.15) is 9.57 Å². The molecule has 2 aromatic rings. The number of sulfonamides is 1. The van der Waals surface area contributed by atoms with Crippen LogP contribution in [0.25, 0.3) is 0 Å². The molecule has 0 aliphatic heterocycles. The van der Waals surface area contributed by atoms with E-state index in [2.05, 4.69) is 15.4 Å². The highest BCUT2D eigenvalue weighted by Crippen LogP contribution is 2.30. The topological polar surface area (TPSA) is 130 Å². The molecule has 0 unspecified atom stereocenters. The van der Waals surface area contributed by atoms with Crippen LogP contribution in [0.5, 0.6) is 5.75 Å². The first-order valence-electron chi connectivity index (χ1n) is 8.72. The number of rotatable bonds is 9. The van der Waals surface area contributed by atoms with Crippen molar-refractivity contribution in [2.75, 3.05) is 25.0 Å². The Hall–Kier alpha value is -2.97. The summed E-state index contributed by atoms with van der Waals surface area (Å²) in [5.74, 6) is -0.256. The summed E-state index contributed by atoms with van der Waals surface area (Å²) in [5.41, 5.74) is 0.305. The average molecular weight is 406 g/mol. The van der Waals surface area contributed by atoms with Crippen molar-refractivity contribution in [1.82, 2.24) is 19.1 Å².